The minimum Gasteiger partial charge on any atom is -0.322 e. The molecule has 0 saturated heterocycles. The Hall–Kier alpha value is -1.44. The number of aromatic nitrogens is 1. The van der Waals surface area contributed by atoms with E-state index >= 15 is 0 Å². The highest BCUT2D eigenvalue weighted by Crippen LogP contribution is 2.14. The maximum Gasteiger partial charge on any atom is 0.270 e. The second kappa shape index (κ2) is 7.21. The van der Waals surface area contributed by atoms with Gasteiger partial charge in [-0.1, -0.05) is 29.0 Å². The number of benzene rings is 1. The first-order valence-corrected chi connectivity index (χ1v) is 7.65. The van der Waals surface area contributed by atoms with Gasteiger partial charge in [-0.25, -0.2) is 0 Å². The summed E-state index contributed by atoms with van der Waals surface area (Å²) in [6.07, 6.45) is 2.17. The SMILES string of the molecule is Br.O=C(/C=c1\sc2n(c1=O)CCCN=2)Nc1cccc(Cl)c1. The zero-order valence-corrected chi connectivity index (χ0v) is 14.7. The number of carbonyl (C=O) groups is 1. The lowest BCUT2D eigenvalue weighted by molar-refractivity contribution is -0.110. The molecule has 0 unspecified atom stereocenters. The number of amides is 1. The van der Waals surface area contributed by atoms with Crippen LogP contribution in [0, 0.1) is 0 Å². The Labute approximate surface area is 145 Å². The van der Waals surface area contributed by atoms with Gasteiger partial charge < -0.3 is 5.32 Å². The van der Waals surface area contributed by atoms with Gasteiger partial charge in [0, 0.05) is 29.9 Å². The molecule has 3 rings (SSSR count). The van der Waals surface area contributed by atoms with E-state index in [1.165, 1.54) is 17.4 Å². The summed E-state index contributed by atoms with van der Waals surface area (Å²) in [4.78, 5) is 29.1. The third kappa shape index (κ3) is 3.66. The maximum absolute atomic E-state index is 12.1. The summed E-state index contributed by atoms with van der Waals surface area (Å²) in [5, 5.41) is 3.23. The van der Waals surface area contributed by atoms with Crippen LogP contribution in [0.5, 0.6) is 0 Å². The molecule has 1 aromatic carbocycles. The molecule has 0 bridgehead atoms. The molecule has 0 atom stereocenters. The van der Waals surface area contributed by atoms with Gasteiger partial charge in [-0.3, -0.25) is 19.1 Å². The lowest BCUT2D eigenvalue weighted by atomic mass is 10.3. The fraction of sp³-hybridized carbons (Fsp3) is 0.214. The molecule has 1 amide bonds. The van der Waals surface area contributed by atoms with Crippen molar-refractivity contribution in [2.45, 2.75) is 13.0 Å². The summed E-state index contributed by atoms with van der Waals surface area (Å²) in [7, 11) is 0. The number of hydrogen-bond donors (Lipinski definition) is 1. The molecular formula is C14H13BrClN3O2S. The highest BCUT2D eigenvalue weighted by molar-refractivity contribution is 8.93. The Kier molecular flexibility index (Phi) is 5.55. The molecule has 1 aliphatic rings. The van der Waals surface area contributed by atoms with Gasteiger partial charge in [0.15, 0.2) is 4.80 Å². The van der Waals surface area contributed by atoms with Crippen LogP contribution in [0.4, 0.5) is 5.69 Å². The number of nitrogens with one attached hydrogen (secondary N) is 1. The third-order valence-corrected chi connectivity index (χ3v) is 4.31. The zero-order chi connectivity index (χ0) is 14.8. The summed E-state index contributed by atoms with van der Waals surface area (Å²) >= 11 is 7.10. The molecule has 0 aliphatic carbocycles. The molecule has 8 heteroatoms. The van der Waals surface area contributed by atoms with E-state index in [9.17, 15) is 9.59 Å². The van der Waals surface area contributed by atoms with Crippen molar-refractivity contribution in [3.8, 4) is 0 Å². The van der Waals surface area contributed by atoms with Gasteiger partial charge in [-0.05, 0) is 24.6 Å². The van der Waals surface area contributed by atoms with Crippen LogP contribution in [0.15, 0.2) is 34.1 Å². The zero-order valence-electron chi connectivity index (χ0n) is 11.4. The molecule has 1 aromatic heterocycles. The van der Waals surface area contributed by atoms with E-state index in [1.54, 1.807) is 28.8 Å². The van der Waals surface area contributed by atoms with Gasteiger partial charge in [0.05, 0.1) is 0 Å². The predicted molar refractivity (Wildman–Crippen MR) is 93.7 cm³/mol. The van der Waals surface area contributed by atoms with Gasteiger partial charge in [-0.15, -0.1) is 17.0 Å². The monoisotopic (exact) mass is 401 g/mol. The van der Waals surface area contributed by atoms with E-state index in [-0.39, 0.29) is 28.4 Å². The summed E-state index contributed by atoms with van der Waals surface area (Å²) in [5.41, 5.74) is 0.439. The molecule has 2 heterocycles. The molecule has 1 N–H and O–H groups in total. The number of carbonyl (C=O) groups excluding carboxylic acids is 1. The van der Waals surface area contributed by atoms with Gasteiger partial charge in [0.1, 0.15) is 4.53 Å². The fourth-order valence-corrected chi connectivity index (χ4v) is 3.28. The van der Waals surface area contributed by atoms with E-state index in [0.29, 0.717) is 26.6 Å². The van der Waals surface area contributed by atoms with Crippen LogP contribution in [0.2, 0.25) is 5.02 Å². The van der Waals surface area contributed by atoms with Crippen molar-refractivity contribution < 1.29 is 4.79 Å². The number of hydrogen-bond acceptors (Lipinski definition) is 4. The Bertz CT molecular complexity index is 875. The number of rotatable bonds is 2. The van der Waals surface area contributed by atoms with Gasteiger partial charge in [0.2, 0.25) is 5.91 Å². The first-order chi connectivity index (χ1) is 10.1. The quantitative estimate of drug-likeness (QED) is 0.829. The van der Waals surface area contributed by atoms with Crippen molar-refractivity contribution in [3.05, 3.63) is 49.0 Å². The number of halogens is 2. The Morgan fingerprint density at radius 1 is 1.45 bits per heavy atom. The molecule has 0 spiro atoms. The summed E-state index contributed by atoms with van der Waals surface area (Å²) in [6.45, 7) is 1.39. The molecule has 116 valence electrons. The van der Waals surface area contributed by atoms with Crippen LogP contribution in [-0.4, -0.2) is 17.0 Å². The topological polar surface area (TPSA) is 63.5 Å². The molecular weight excluding hydrogens is 390 g/mol. The van der Waals surface area contributed by atoms with Crippen LogP contribution in [0.1, 0.15) is 6.42 Å². The van der Waals surface area contributed by atoms with Crippen molar-refractivity contribution >= 4 is 57.6 Å². The molecule has 0 radical (unpaired) electrons. The van der Waals surface area contributed by atoms with Crippen LogP contribution < -0.4 is 20.2 Å². The molecule has 5 nitrogen and oxygen atoms in total. The molecule has 2 aromatic rings. The first-order valence-electron chi connectivity index (χ1n) is 6.46. The second-order valence-corrected chi connectivity index (χ2v) is 6.03. The number of fused-ring (bicyclic) bond motifs is 1. The standard InChI is InChI=1S/C14H12ClN3O2S.BrH/c15-9-3-1-4-10(7-9)17-12(19)8-11-13(20)18-6-2-5-16-14(18)21-11;/h1,3-4,7-8H,2,5-6H2,(H,17,19);1H/b11-8-;. The maximum atomic E-state index is 12.1. The van der Waals surface area contributed by atoms with Crippen LogP contribution >= 0.6 is 39.9 Å². The smallest absolute Gasteiger partial charge is 0.270 e. The fourth-order valence-electron chi connectivity index (χ4n) is 2.09. The normalized spacial score (nSPS) is 13.8. The lowest BCUT2D eigenvalue weighted by Gasteiger charge is -2.03. The van der Waals surface area contributed by atoms with Crippen molar-refractivity contribution in [3.63, 3.8) is 0 Å². The number of anilines is 1. The second-order valence-electron chi connectivity index (χ2n) is 4.58. The van der Waals surface area contributed by atoms with Crippen LogP contribution in [-0.2, 0) is 11.3 Å². The van der Waals surface area contributed by atoms with Crippen LogP contribution in [0.3, 0.4) is 0 Å². The summed E-state index contributed by atoms with van der Waals surface area (Å²) < 4.78 is 2.02. The van der Waals surface area contributed by atoms with E-state index < -0.39 is 0 Å². The average molecular weight is 403 g/mol. The largest absolute Gasteiger partial charge is 0.322 e. The Morgan fingerprint density at radius 2 is 2.27 bits per heavy atom. The first kappa shape index (κ1) is 16.9. The van der Waals surface area contributed by atoms with Crippen molar-refractivity contribution in [1.82, 2.24) is 4.57 Å². The highest BCUT2D eigenvalue weighted by Gasteiger charge is 2.09. The Balaban J connectivity index is 0.00000176. The molecule has 1 aliphatic heterocycles. The van der Waals surface area contributed by atoms with Crippen molar-refractivity contribution in [2.24, 2.45) is 4.99 Å². The number of thiazole rings is 1. The van der Waals surface area contributed by atoms with E-state index in [4.69, 9.17) is 11.6 Å². The molecule has 0 saturated carbocycles. The van der Waals surface area contributed by atoms with Crippen molar-refractivity contribution in [2.75, 3.05) is 11.9 Å². The molecule has 22 heavy (non-hydrogen) atoms. The minimum atomic E-state index is -0.353. The van der Waals surface area contributed by atoms with Gasteiger partial charge >= 0.3 is 0 Å². The van der Waals surface area contributed by atoms with Crippen LogP contribution in [0.25, 0.3) is 6.08 Å². The summed E-state index contributed by atoms with van der Waals surface area (Å²) in [5.74, 6) is -0.353. The van der Waals surface area contributed by atoms with Gasteiger partial charge in [0.25, 0.3) is 5.56 Å². The van der Waals surface area contributed by atoms with E-state index in [1.807, 2.05) is 0 Å². The van der Waals surface area contributed by atoms with Crippen molar-refractivity contribution in [1.29, 1.82) is 0 Å². The molecule has 0 fully saturated rings. The van der Waals surface area contributed by atoms with Gasteiger partial charge in [-0.2, -0.15) is 0 Å². The van der Waals surface area contributed by atoms with E-state index in [2.05, 4.69) is 10.3 Å². The highest BCUT2D eigenvalue weighted by atomic mass is 79.9. The minimum absolute atomic E-state index is 0. The average Bonchev–Trinajstić information content (AvgIpc) is 2.76. The van der Waals surface area contributed by atoms with E-state index in [0.717, 1.165) is 13.0 Å². The summed E-state index contributed by atoms with van der Waals surface area (Å²) in [6, 6.07) is 6.85. The lowest BCUT2D eigenvalue weighted by Crippen LogP contribution is -2.34. The predicted octanol–water partition coefficient (Wildman–Crippen LogP) is 1.58. The third-order valence-electron chi connectivity index (χ3n) is 3.03. The number of nitrogens with zero attached hydrogens (tertiary/aromatic N) is 2. The Morgan fingerprint density at radius 3 is 3.00 bits per heavy atom.